The van der Waals surface area contributed by atoms with Crippen molar-refractivity contribution in [3.63, 3.8) is 0 Å². The first-order valence-electron chi connectivity index (χ1n) is 7.56. The van der Waals surface area contributed by atoms with Gasteiger partial charge in [-0.1, -0.05) is 18.7 Å². The van der Waals surface area contributed by atoms with E-state index < -0.39 is 10.7 Å². The van der Waals surface area contributed by atoms with Crippen LogP contribution in [-0.4, -0.2) is 32.0 Å². The molecule has 0 N–H and O–H groups in total. The maximum atomic E-state index is 12.6. The monoisotopic (exact) mass is 359 g/mol. The third-order valence-electron chi connectivity index (χ3n) is 3.49. The zero-order valence-corrected chi connectivity index (χ0v) is 15.1. The van der Waals surface area contributed by atoms with Crippen LogP contribution in [0.3, 0.4) is 0 Å². The molecule has 0 aliphatic heterocycles. The number of benzene rings is 1. The standard InChI is InChI=1S/C19H21NO6/c1-6-7-8-14(13(2)20(22)23)9-11-16(21)15-10-12-17(24-3)19(26-5)18(15)25-4/h6-12H,1H2,2-5H3/b8-7-,11-9+,14-13-. The molecule has 1 aromatic carbocycles. The van der Waals surface area contributed by atoms with Crippen LogP contribution in [0.1, 0.15) is 17.3 Å². The maximum absolute atomic E-state index is 12.6. The van der Waals surface area contributed by atoms with Crippen LogP contribution in [-0.2, 0) is 0 Å². The summed E-state index contributed by atoms with van der Waals surface area (Å²) in [5, 5.41) is 11.0. The first-order valence-corrected chi connectivity index (χ1v) is 7.56. The van der Waals surface area contributed by atoms with Crippen molar-refractivity contribution in [2.45, 2.75) is 6.92 Å². The topological polar surface area (TPSA) is 87.9 Å². The van der Waals surface area contributed by atoms with E-state index in [9.17, 15) is 14.9 Å². The van der Waals surface area contributed by atoms with E-state index in [-0.39, 0.29) is 28.3 Å². The van der Waals surface area contributed by atoms with Gasteiger partial charge in [0.1, 0.15) is 0 Å². The number of hydrogen-bond acceptors (Lipinski definition) is 6. The minimum atomic E-state index is -0.519. The minimum Gasteiger partial charge on any atom is -0.493 e. The highest BCUT2D eigenvalue weighted by Crippen LogP contribution is 2.40. The van der Waals surface area contributed by atoms with Gasteiger partial charge in [-0.25, -0.2) is 0 Å². The summed E-state index contributed by atoms with van der Waals surface area (Å²) in [6.45, 7) is 4.88. The van der Waals surface area contributed by atoms with Crippen LogP contribution in [0.4, 0.5) is 0 Å². The second-order valence-corrected chi connectivity index (χ2v) is 4.97. The minimum absolute atomic E-state index is 0.0913. The lowest BCUT2D eigenvalue weighted by Crippen LogP contribution is -2.03. The van der Waals surface area contributed by atoms with Crippen molar-refractivity contribution in [3.8, 4) is 17.2 Å². The Labute approximate surface area is 152 Å². The molecule has 0 atom stereocenters. The molecule has 0 aliphatic rings. The van der Waals surface area contributed by atoms with Gasteiger partial charge in [0, 0.05) is 12.5 Å². The molecule has 0 aliphatic carbocycles. The second-order valence-electron chi connectivity index (χ2n) is 4.97. The van der Waals surface area contributed by atoms with E-state index in [4.69, 9.17) is 14.2 Å². The largest absolute Gasteiger partial charge is 0.493 e. The van der Waals surface area contributed by atoms with Gasteiger partial charge in [-0.2, -0.15) is 0 Å². The van der Waals surface area contributed by atoms with Gasteiger partial charge in [0.05, 0.1) is 31.8 Å². The molecule has 0 amide bonds. The summed E-state index contributed by atoms with van der Waals surface area (Å²) >= 11 is 0. The summed E-state index contributed by atoms with van der Waals surface area (Å²) < 4.78 is 15.7. The summed E-state index contributed by atoms with van der Waals surface area (Å²) in [7, 11) is 4.32. The average molecular weight is 359 g/mol. The molecule has 0 heterocycles. The number of ketones is 1. The summed E-state index contributed by atoms with van der Waals surface area (Å²) in [6, 6.07) is 3.12. The van der Waals surface area contributed by atoms with E-state index >= 15 is 0 Å². The van der Waals surface area contributed by atoms with Crippen molar-refractivity contribution in [2.75, 3.05) is 21.3 Å². The molecule has 7 heteroatoms. The molecule has 0 spiro atoms. The molecule has 0 saturated heterocycles. The predicted octanol–water partition coefficient (Wildman–Crippen LogP) is 3.74. The molecule has 0 unspecified atom stereocenters. The van der Waals surface area contributed by atoms with Gasteiger partial charge in [-0.3, -0.25) is 14.9 Å². The first kappa shape index (κ1) is 20.7. The molecule has 0 radical (unpaired) electrons. The molecule has 0 fully saturated rings. The Bertz CT molecular complexity index is 789. The van der Waals surface area contributed by atoms with Crippen molar-refractivity contribution in [1.82, 2.24) is 0 Å². The Hall–Kier alpha value is -3.35. The Balaban J connectivity index is 3.34. The Kier molecular flexibility index (Phi) is 7.82. The summed E-state index contributed by atoms with van der Waals surface area (Å²) in [4.78, 5) is 23.0. The number of hydrogen-bond donors (Lipinski definition) is 0. The Morgan fingerprint density at radius 3 is 2.23 bits per heavy atom. The number of carbonyl (C=O) groups is 1. The van der Waals surface area contributed by atoms with Gasteiger partial charge >= 0.3 is 0 Å². The zero-order valence-electron chi connectivity index (χ0n) is 15.1. The smallest absolute Gasteiger partial charge is 0.250 e. The van der Waals surface area contributed by atoms with Crippen molar-refractivity contribution < 1.29 is 23.9 Å². The number of ether oxygens (including phenoxy) is 3. The van der Waals surface area contributed by atoms with Crippen LogP contribution < -0.4 is 14.2 Å². The molecule has 26 heavy (non-hydrogen) atoms. The molecule has 0 aromatic heterocycles. The van der Waals surface area contributed by atoms with Crippen LogP contribution >= 0.6 is 0 Å². The van der Waals surface area contributed by atoms with Gasteiger partial charge in [0.2, 0.25) is 11.4 Å². The quantitative estimate of drug-likeness (QED) is 0.219. The van der Waals surface area contributed by atoms with E-state index in [0.717, 1.165) is 0 Å². The summed E-state index contributed by atoms with van der Waals surface area (Å²) in [5.74, 6) is 0.532. The number of nitrogens with zero attached hydrogens (tertiary/aromatic N) is 1. The van der Waals surface area contributed by atoms with Crippen LogP contribution in [0, 0.1) is 10.1 Å². The van der Waals surface area contributed by atoms with Crippen molar-refractivity contribution in [3.05, 3.63) is 76.0 Å². The number of rotatable bonds is 9. The van der Waals surface area contributed by atoms with E-state index in [0.29, 0.717) is 5.75 Å². The third-order valence-corrected chi connectivity index (χ3v) is 3.49. The lowest BCUT2D eigenvalue weighted by atomic mass is 10.1. The van der Waals surface area contributed by atoms with E-state index in [2.05, 4.69) is 6.58 Å². The molecule has 138 valence electrons. The van der Waals surface area contributed by atoms with E-state index in [1.54, 1.807) is 12.1 Å². The van der Waals surface area contributed by atoms with Gasteiger partial charge in [0.25, 0.3) is 0 Å². The highest BCUT2D eigenvalue weighted by Gasteiger charge is 2.19. The summed E-state index contributed by atoms with van der Waals surface area (Å²) in [5.41, 5.74) is 0.432. The third kappa shape index (κ3) is 4.83. The van der Waals surface area contributed by atoms with E-state index in [1.807, 2.05) is 0 Å². The molecular weight excluding hydrogens is 338 g/mol. The second kappa shape index (κ2) is 9.83. The highest BCUT2D eigenvalue weighted by molar-refractivity contribution is 6.07. The SMILES string of the molecule is C=C\C=C/C(/C=C/C(=O)c1ccc(OC)c(OC)c1OC)=C(\C)[N+](=O)[O-]. The van der Waals surface area contributed by atoms with Crippen LogP contribution in [0.15, 0.2) is 60.4 Å². The molecule has 1 aromatic rings. The molecular formula is C19H21NO6. The lowest BCUT2D eigenvalue weighted by Gasteiger charge is -2.14. The molecule has 0 bridgehead atoms. The zero-order chi connectivity index (χ0) is 19.7. The average Bonchev–Trinajstić information content (AvgIpc) is 2.65. The highest BCUT2D eigenvalue weighted by atomic mass is 16.6. The van der Waals surface area contributed by atoms with Crippen LogP contribution in [0.5, 0.6) is 17.2 Å². The first-order chi connectivity index (χ1) is 12.4. The molecule has 7 nitrogen and oxygen atoms in total. The van der Waals surface area contributed by atoms with Crippen molar-refractivity contribution in [2.24, 2.45) is 0 Å². The fourth-order valence-electron chi connectivity index (χ4n) is 2.12. The van der Waals surface area contributed by atoms with Gasteiger partial charge < -0.3 is 14.2 Å². The molecule has 1 rings (SSSR count). The normalized spacial score (nSPS) is 12.0. The fourth-order valence-corrected chi connectivity index (χ4v) is 2.12. The number of nitro groups is 1. The van der Waals surface area contributed by atoms with Gasteiger partial charge in [-0.15, -0.1) is 0 Å². The van der Waals surface area contributed by atoms with Crippen LogP contribution in [0.25, 0.3) is 0 Å². The lowest BCUT2D eigenvalue weighted by molar-refractivity contribution is -0.425. The number of methoxy groups -OCH3 is 3. The fraction of sp³-hybridized carbons (Fsp3) is 0.211. The molecule has 0 saturated carbocycles. The summed E-state index contributed by atoms with van der Waals surface area (Å²) in [6.07, 6.45) is 7.14. The Morgan fingerprint density at radius 2 is 1.73 bits per heavy atom. The number of carbonyl (C=O) groups excluding carboxylic acids is 1. The van der Waals surface area contributed by atoms with Crippen LogP contribution in [0.2, 0.25) is 0 Å². The maximum Gasteiger partial charge on any atom is 0.250 e. The number of allylic oxidation sites excluding steroid dienone is 7. The Morgan fingerprint density at radius 1 is 1.08 bits per heavy atom. The predicted molar refractivity (Wildman–Crippen MR) is 98.6 cm³/mol. The van der Waals surface area contributed by atoms with Gasteiger partial charge in [-0.05, 0) is 30.4 Å². The van der Waals surface area contributed by atoms with Gasteiger partial charge in [0.15, 0.2) is 17.3 Å². The van der Waals surface area contributed by atoms with E-state index in [1.165, 1.54) is 58.6 Å². The van der Waals surface area contributed by atoms with Crippen molar-refractivity contribution >= 4 is 5.78 Å². The van der Waals surface area contributed by atoms with Crippen molar-refractivity contribution in [1.29, 1.82) is 0 Å².